The molecular formula is C11H16NO2S-. The molecule has 0 spiro atoms. The second-order valence-electron chi connectivity index (χ2n) is 3.69. The smallest absolute Gasteiger partial charge is 0.0211 e. The van der Waals surface area contributed by atoms with Crippen molar-refractivity contribution in [2.45, 2.75) is 26.3 Å². The lowest BCUT2D eigenvalue weighted by molar-refractivity contribution is 0.341. The van der Waals surface area contributed by atoms with Gasteiger partial charge in [0, 0.05) is 23.9 Å². The molecule has 0 heterocycles. The Labute approximate surface area is 93.5 Å². The first-order valence-electron chi connectivity index (χ1n) is 5.01. The Hall–Kier alpha value is -0.710. The van der Waals surface area contributed by atoms with Gasteiger partial charge in [0.15, 0.2) is 0 Å². The molecule has 15 heavy (non-hydrogen) atoms. The zero-order valence-corrected chi connectivity index (χ0v) is 9.87. The van der Waals surface area contributed by atoms with Crippen LogP contribution in [0.1, 0.15) is 19.4 Å². The predicted octanol–water partition coefficient (Wildman–Crippen LogP) is 1.73. The van der Waals surface area contributed by atoms with Crippen LogP contribution in [-0.4, -0.2) is 25.7 Å². The van der Waals surface area contributed by atoms with Gasteiger partial charge in [-0.15, -0.1) is 0 Å². The summed E-state index contributed by atoms with van der Waals surface area (Å²) < 4.78 is 23.2. The maximum atomic E-state index is 10.9. The zero-order valence-electron chi connectivity index (χ0n) is 9.05. The first-order chi connectivity index (χ1) is 7.11. The molecule has 1 aromatic carbocycles. The lowest BCUT2D eigenvalue weighted by Crippen LogP contribution is -2.34. The molecule has 0 aliphatic heterocycles. The van der Waals surface area contributed by atoms with Crippen molar-refractivity contribution in [3.8, 4) is 0 Å². The fraction of sp³-hybridized carbons (Fsp3) is 0.455. The molecule has 1 atom stereocenters. The summed E-state index contributed by atoms with van der Waals surface area (Å²) in [5.41, 5.74) is 1.16. The number of nitrogens with zero attached hydrogens (tertiary/aromatic N) is 1. The van der Waals surface area contributed by atoms with Crippen molar-refractivity contribution >= 4 is 11.3 Å². The van der Waals surface area contributed by atoms with Crippen LogP contribution in [0.3, 0.4) is 0 Å². The average Bonchev–Trinajstić information content (AvgIpc) is 2.18. The summed E-state index contributed by atoms with van der Waals surface area (Å²) in [5, 5.41) is 0. The highest BCUT2D eigenvalue weighted by atomic mass is 32.2. The summed E-state index contributed by atoms with van der Waals surface area (Å²) in [6.07, 6.45) is 0.757. The van der Waals surface area contributed by atoms with Gasteiger partial charge >= 0.3 is 0 Å². The van der Waals surface area contributed by atoms with Crippen LogP contribution in [0.5, 0.6) is 0 Å². The zero-order chi connectivity index (χ0) is 11.3. The van der Waals surface area contributed by atoms with E-state index in [2.05, 4.69) is 0 Å². The van der Waals surface area contributed by atoms with Gasteiger partial charge in [-0.25, -0.2) is 4.31 Å². The molecule has 0 aromatic heterocycles. The van der Waals surface area contributed by atoms with E-state index in [9.17, 15) is 8.76 Å². The minimum absolute atomic E-state index is 0.0204. The van der Waals surface area contributed by atoms with E-state index in [1.165, 1.54) is 4.31 Å². The molecule has 1 aromatic rings. The van der Waals surface area contributed by atoms with Crippen molar-refractivity contribution in [1.29, 1.82) is 0 Å². The molecule has 0 saturated carbocycles. The molecule has 4 heteroatoms. The second-order valence-corrected chi connectivity index (χ2v) is 4.59. The van der Waals surface area contributed by atoms with Gasteiger partial charge in [0.1, 0.15) is 0 Å². The molecule has 0 N–H and O–H groups in total. The van der Waals surface area contributed by atoms with Crippen LogP contribution in [0.2, 0.25) is 0 Å². The van der Waals surface area contributed by atoms with Crippen molar-refractivity contribution in [3.63, 3.8) is 0 Å². The quantitative estimate of drug-likeness (QED) is 0.718. The van der Waals surface area contributed by atoms with Crippen LogP contribution in [0.15, 0.2) is 30.3 Å². The Balaban J connectivity index is 2.51. The van der Waals surface area contributed by atoms with Gasteiger partial charge in [-0.2, -0.15) is 0 Å². The van der Waals surface area contributed by atoms with Gasteiger partial charge in [0.2, 0.25) is 0 Å². The number of hydrogen-bond donors (Lipinski definition) is 0. The third-order valence-electron chi connectivity index (χ3n) is 2.23. The minimum atomic E-state index is -2.12. The van der Waals surface area contributed by atoms with Crippen LogP contribution < -0.4 is 0 Å². The fourth-order valence-corrected chi connectivity index (χ4v) is 1.97. The molecule has 0 amide bonds. The lowest BCUT2D eigenvalue weighted by Gasteiger charge is -2.27. The summed E-state index contributed by atoms with van der Waals surface area (Å²) >= 11 is -2.12. The van der Waals surface area contributed by atoms with E-state index in [4.69, 9.17) is 0 Å². The van der Waals surface area contributed by atoms with Crippen LogP contribution >= 0.6 is 0 Å². The van der Waals surface area contributed by atoms with Gasteiger partial charge < -0.3 is 4.55 Å². The van der Waals surface area contributed by atoms with Gasteiger partial charge in [-0.3, -0.25) is 4.21 Å². The molecule has 84 valence electrons. The molecule has 0 bridgehead atoms. The van der Waals surface area contributed by atoms with Crippen LogP contribution in [0.25, 0.3) is 0 Å². The van der Waals surface area contributed by atoms with E-state index in [1.54, 1.807) is 0 Å². The fourth-order valence-electron chi connectivity index (χ4n) is 1.39. The topological polar surface area (TPSA) is 43.4 Å². The average molecular weight is 226 g/mol. The van der Waals surface area contributed by atoms with Crippen molar-refractivity contribution in [2.75, 3.05) is 6.54 Å². The van der Waals surface area contributed by atoms with Gasteiger partial charge in [0.25, 0.3) is 0 Å². The van der Waals surface area contributed by atoms with E-state index in [0.29, 0.717) is 6.54 Å². The summed E-state index contributed by atoms with van der Waals surface area (Å²) in [4.78, 5) is 0. The normalized spacial score (nSPS) is 13.4. The highest BCUT2D eigenvalue weighted by molar-refractivity contribution is 7.76. The molecule has 0 saturated heterocycles. The van der Waals surface area contributed by atoms with E-state index >= 15 is 0 Å². The lowest BCUT2D eigenvalue weighted by atomic mass is 10.1. The monoisotopic (exact) mass is 226 g/mol. The van der Waals surface area contributed by atoms with Crippen molar-refractivity contribution in [2.24, 2.45) is 0 Å². The van der Waals surface area contributed by atoms with Crippen LogP contribution in [0, 0.1) is 0 Å². The SMILES string of the molecule is CC(C)N(CCc1ccccc1)S(=O)[O-]. The minimum Gasteiger partial charge on any atom is -0.760 e. The Morgan fingerprint density at radius 3 is 2.40 bits per heavy atom. The van der Waals surface area contributed by atoms with E-state index in [0.717, 1.165) is 12.0 Å². The van der Waals surface area contributed by atoms with Gasteiger partial charge in [0.05, 0.1) is 0 Å². The summed E-state index contributed by atoms with van der Waals surface area (Å²) in [6.45, 7) is 4.29. The van der Waals surface area contributed by atoms with Gasteiger partial charge in [-0.1, -0.05) is 30.3 Å². The maximum Gasteiger partial charge on any atom is 0.0211 e. The van der Waals surface area contributed by atoms with E-state index in [-0.39, 0.29) is 6.04 Å². The molecule has 0 aliphatic carbocycles. The van der Waals surface area contributed by atoms with Gasteiger partial charge in [-0.05, 0) is 25.8 Å². The van der Waals surface area contributed by atoms with Crippen molar-refractivity contribution < 1.29 is 8.76 Å². The first kappa shape index (κ1) is 12.4. The second kappa shape index (κ2) is 6.00. The molecule has 0 aliphatic rings. The molecule has 3 nitrogen and oxygen atoms in total. The molecule has 1 unspecified atom stereocenters. The largest absolute Gasteiger partial charge is 0.760 e. The first-order valence-corrected chi connectivity index (χ1v) is 6.04. The highest BCUT2D eigenvalue weighted by Crippen LogP contribution is 2.05. The standard InChI is InChI=1S/C11H17NO2S/c1-10(2)12(15(13)14)9-8-11-6-4-3-5-7-11/h3-7,10H,8-9H2,1-2H3,(H,13,14)/p-1. The Morgan fingerprint density at radius 1 is 1.33 bits per heavy atom. The van der Waals surface area contributed by atoms with E-state index in [1.807, 2.05) is 44.2 Å². The highest BCUT2D eigenvalue weighted by Gasteiger charge is 2.09. The molecular weight excluding hydrogens is 210 g/mol. The predicted molar refractivity (Wildman–Crippen MR) is 60.9 cm³/mol. The Bertz CT molecular complexity index is 314. The number of rotatable bonds is 5. The molecule has 0 fully saturated rings. The third kappa shape index (κ3) is 4.11. The third-order valence-corrected chi connectivity index (χ3v) is 3.22. The Morgan fingerprint density at radius 2 is 1.93 bits per heavy atom. The number of benzene rings is 1. The van der Waals surface area contributed by atoms with Crippen molar-refractivity contribution in [1.82, 2.24) is 4.31 Å². The summed E-state index contributed by atoms with van der Waals surface area (Å²) in [5.74, 6) is 0. The van der Waals surface area contributed by atoms with Crippen LogP contribution in [0.4, 0.5) is 0 Å². The molecule has 1 rings (SSSR count). The number of hydrogen-bond acceptors (Lipinski definition) is 2. The van der Waals surface area contributed by atoms with Crippen LogP contribution in [-0.2, 0) is 17.7 Å². The Kier molecular flexibility index (Phi) is 4.94. The van der Waals surface area contributed by atoms with E-state index < -0.39 is 11.3 Å². The molecule has 0 radical (unpaired) electrons. The summed E-state index contributed by atoms with van der Waals surface area (Å²) in [7, 11) is 0. The van der Waals surface area contributed by atoms with Crippen molar-refractivity contribution in [3.05, 3.63) is 35.9 Å². The maximum absolute atomic E-state index is 10.9. The summed E-state index contributed by atoms with van der Waals surface area (Å²) in [6, 6.07) is 9.91.